The van der Waals surface area contributed by atoms with E-state index < -0.39 is 18.0 Å². The number of nitrogens with zero attached hydrogens (tertiary/aromatic N) is 5. The van der Waals surface area contributed by atoms with Gasteiger partial charge < -0.3 is 44.0 Å². The Morgan fingerprint density at radius 1 is 0.741 bits per heavy atom. The fraction of sp³-hybridized carbons (Fsp3) is 0.500. The molecule has 0 radical (unpaired) electrons. The summed E-state index contributed by atoms with van der Waals surface area (Å²) in [7, 11) is 0. The Kier molecular flexibility index (Phi) is 21.6. The van der Waals surface area contributed by atoms with E-state index in [1.54, 1.807) is 36.4 Å². The normalized spacial score (nSPS) is 16.3. The van der Waals surface area contributed by atoms with E-state index in [0.29, 0.717) is 141 Å². The van der Waals surface area contributed by atoms with Crippen LogP contribution in [-0.4, -0.2) is 166 Å². The average Bonchev–Trinajstić information content (AvgIpc) is 3.23. The Hall–Kier alpha value is -4.55. The number of amides is 1. The number of benzene rings is 1. The van der Waals surface area contributed by atoms with Crippen LogP contribution in [-0.2, 0) is 35.0 Å². The van der Waals surface area contributed by atoms with Crippen molar-refractivity contribution in [2.45, 2.75) is 12.6 Å². The van der Waals surface area contributed by atoms with Crippen molar-refractivity contribution < 1.29 is 53.0 Å². The van der Waals surface area contributed by atoms with Gasteiger partial charge in [-0.05, 0) is 53.7 Å². The number of thioether (sulfide) groups is 1. The molecule has 3 heterocycles. The third-order valence-electron chi connectivity index (χ3n) is 8.73. The summed E-state index contributed by atoms with van der Waals surface area (Å²) in [6.45, 7) is 7.31. The molecule has 314 valence electrons. The number of thiocyanates is 1. The van der Waals surface area contributed by atoms with Crippen LogP contribution in [0, 0.1) is 10.7 Å². The van der Waals surface area contributed by atoms with Crippen molar-refractivity contribution in [3.63, 3.8) is 0 Å². The standard InChI is InChI=1S/C40H52N6O11S/c41-30-58-28-27-57-26-21-52-16-11-42-38(47)32-9-7-31(8-10-32)37(34-4-2-6-36(44-34)40(50)51)46-14-19-55-24-22-53-17-12-45(13-18-54-23-25-56-20-15-46)29-33-3-1-5-35(43-33)39(48)49/h1-10,37H,11-29H2,(H,42,47)(H,48,49)(H,50,51). The first kappa shape index (κ1) is 46.1. The Bertz CT molecular complexity index is 1710. The van der Waals surface area contributed by atoms with Crippen molar-refractivity contribution in [2.75, 3.05) is 118 Å². The molecule has 1 saturated heterocycles. The minimum absolute atomic E-state index is 0.00451. The summed E-state index contributed by atoms with van der Waals surface area (Å²) >= 11 is 1.14. The number of carboxylic acid groups (broad SMARTS) is 2. The zero-order chi connectivity index (χ0) is 41.2. The number of ether oxygens (including phenoxy) is 6. The molecule has 0 spiro atoms. The van der Waals surface area contributed by atoms with Crippen molar-refractivity contribution in [2.24, 2.45) is 0 Å². The number of aromatic carboxylic acids is 2. The highest BCUT2D eigenvalue weighted by Gasteiger charge is 2.25. The smallest absolute Gasteiger partial charge is 0.354 e. The van der Waals surface area contributed by atoms with Gasteiger partial charge in [0.15, 0.2) is 0 Å². The lowest BCUT2D eigenvalue weighted by Gasteiger charge is -2.32. The quantitative estimate of drug-likeness (QED) is 0.132. The summed E-state index contributed by atoms with van der Waals surface area (Å²) in [4.78, 5) is 49.2. The highest BCUT2D eigenvalue weighted by molar-refractivity contribution is 8.03. The Balaban J connectivity index is 1.36. The average molecular weight is 825 g/mol. The van der Waals surface area contributed by atoms with Crippen LogP contribution in [0.1, 0.15) is 54.3 Å². The maximum atomic E-state index is 12.9. The topological polar surface area (TPSA) is 215 Å². The van der Waals surface area contributed by atoms with Gasteiger partial charge in [0.05, 0.1) is 96.7 Å². The molecular formula is C40H52N6O11S. The zero-order valence-corrected chi connectivity index (χ0v) is 33.3. The number of carbonyl (C=O) groups is 3. The molecule has 1 aliphatic heterocycles. The summed E-state index contributed by atoms with van der Waals surface area (Å²) in [6.07, 6.45) is 0. The summed E-state index contributed by atoms with van der Waals surface area (Å²) in [5.41, 5.74) is 2.32. The molecule has 0 saturated carbocycles. The summed E-state index contributed by atoms with van der Waals surface area (Å²) in [5, 5.41) is 32.5. The maximum Gasteiger partial charge on any atom is 0.354 e. The van der Waals surface area contributed by atoms with Gasteiger partial charge in [-0.25, -0.2) is 19.6 Å². The fourth-order valence-corrected chi connectivity index (χ4v) is 6.16. The molecule has 0 bridgehead atoms. The number of hydrogen-bond acceptors (Lipinski definition) is 15. The van der Waals surface area contributed by atoms with Gasteiger partial charge in [-0.1, -0.05) is 24.3 Å². The van der Waals surface area contributed by atoms with Gasteiger partial charge in [-0.3, -0.25) is 14.6 Å². The van der Waals surface area contributed by atoms with Crippen LogP contribution in [0.25, 0.3) is 0 Å². The van der Waals surface area contributed by atoms with Crippen molar-refractivity contribution >= 4 is 29.6 Å². The predicted molar refractivity (Wildman–Crippen MR) is 213 cm³/mol. The van der Waals surface area contributed by atoms with Crippen LogP contribution in [0.4, 0.5) is 0 Å². The summed E-state index contributed by atoms with van der Waals surface area (Å²) in [6, 6.07) is 16.5. The molecule has 4 rings (SSSR count). The van der Waals surface area contributed by atoms with Crippen LogP contribution in [0.15, 0.2) is 60.7 Å². The minimum Gasteiger partial charge on any atom is -0.477 e. The molecule has 0 aliphatic carbocycles. The minimum atomic E-state index is -1.14. The first-order valence-electron chi connectivity index (χ1n) is 19.1. The Morgan fingerprint density at radius 3 is 1.91 bits per heavy atom. The fourth-order valence-electron chi connectivity index (χ4n) is 5.87. The molecule has 1 fully saturated rings. The molecule has 17 nitrogen and oxygen atoms in total. The molecule has 3 aromatic rings. The van der Waals surface area contributed by atoms with E-state index in [4.69, 9.17) is 33.7 Å². The number of nitrogens with one attached hydrogen (secondary N) is 1. The first-order valence-corrected chi connectivity index (χ1v) is 20.1. The highest BCUT2D eigenvalue weighted by Crippen LogP contribution is 2.28. The number of carbonyl (C=O) groups excluding carboxylic acids is 1. The van der Waals surface area contributed by atoms with Crippen molar-refractivity contribution in [1.29, 1.82) is 5.26 Å². The van der Waals surface area contributed by atoms with Crippen molar-refractivity contribution in [1.82, 2.24) is 25.1 Å². The van der Waals surface area contributed by atoms with Gasteiger partial charge >= 0.3 is 11.9 Å². The third-order valence-corrected chi connectivity index (χ3v) is 9.23. The Morgan fingerprint density at radius 2 is 1.31 bits per heavy atom. The zero-order valence-electron chi connectivity index (χ0n) is 32.5. The van der Waals surface area contributed by atoms with Crippen LogP contribution in [0.3, 0.4) is 0 Å². The highest BCUT2D eigenvalue weighted by atomic mass is 32.2. The van der Waals surface area contributed by atoms with Gasteiger partial charge in [-0.15, -0.1) is 0 Å². The lowest BCUT2D eigenvalue weighted by Crippen LogP contribution is -2.36. The first-order chi connectivity index (χ1) is 28.4. The summed E-state index contributed by atoms with van der Waals surface area (Å²) < 4.78 is 34.6. The van der Waals surface area contributed by atoms with Gasteiger partial charge in [0.2, 0.25) is 0 Å². The predicted octanol–water partition coefficient (Wildman–Crippen LogP) is 2.82. The monoisotopic (exact) mass is 824 g/mol. The Labute approximate surface area is 342 Å². The maximum absolute atomic E-state index is 12.9. The molecule has 3 N–H and O–H groups in total. The van der Waals surface area contributed by atoms with Crippen molar-refractivity contribution in [3.8, 4) is 5.40 Å². The van der Waals surface area contributed by atoms with Crippen LogP contribution in [0.5, 0.6) is 0 Å². The molecule has 1 atom stereocenters. The van der Waals surface area contributed by atoms with Gasteiger partial charge in [-0.2, -0.15) is 5.26 Å². The lowest BCUT2D eigenvalue weighted by atomic mass is 9.99. The molecule has 58 heavy (non-hydrogen) atoms. The number of nitriles is 1. The number of pyridine rings is 2. The SMILES string of the molecule is N#CSCCOCCOCCNC(=O)c1ccc(C(c2cccc(C(=O)O)n2)N2CCOCCOCCN(Cc3cccc(C(=O)O)n3)CCOCCOCC2)cc1. The van der Waals surface area contributed by atoms with Crippen LogP contribution in [0.2, 0.25) is 0 Å². The van der Waals surface area contributed by atoms with E-state index in [-0.39, 0.29) is 17.3 Å². The number of aromatic nitrogens is 2. The van der Waals surface area contributed by atoms with Crippen molar-refractivity contribution in [3.05, 3.63) is 94.6 Å². The molecule has 1 unspecified atom stereocenters. The lowest BCUT2D eigenvalue weighted by molar-refractivity contribution is 0.00331. The largest absolute Gasteiger partial charge is 0.477 e. The van der Waals surface area contributed by atoms with Crippen LogP contribution >= 0.6 is 11.8 Å². The second-order valence-electron chi connectivity index (χ2n) is 12.8. The molecule has 18 heteroatoms. The second kappa shape index (κ2) is 27.2. The van der Waals surface area contributed by atoms with E-state index in [0.717, 1.165) is 17.3 Å². The number of rotatable bonds is 17. The van der Waals surface area contributed by atoms with Gasteiger partial charge in [0.1, 0.15) is 16.8 Å². The molecule has 2 aromatic heterocycles. The number of hydrogen-bond donors (Lipinski definition) is 3. The molecule has 1 amide bonds. The van der Waals surface area contributed by atoms with E-state index >= 15 is 0 Å². The molecular weight excluding hydrogens is 773 g/mol. The molecule has 1 aromatic carbocycles. The van der Waals surface area contributed by atoms with Crippen LogP contribution < -0.4 is 5.32 Å². The van der Waals surface area contributed by atoms with E-state index in [9.17, 15) is 24.6 Å². The van der Waals surface area contributed by atoms with Gasteiger partial charge in [0.25, 0.3) is 5.91 Å². The molecule has 1 aliphatic rings. The second-order valence-corrected chi connectivity index (χ2v) is 13.7. The van der Waals surface area contributed by atoms with E-state index in [1.165, 1.54) is 12.1 Å². The third kappa shape index (κ3) is 17.1. The summed E-state index contributed by atoms with van der Waals surface area (Å²) in [5.74, 6) is -1.88. The van der Waals surface area contributed by atoms with Gasteiger partial charge in [0, 0.05) is 50.6 Å². The van der Waals surface area contributed by atoms with E-state index in [2.05, 4.69) is 25.1 Å². The number of carboxylic acids is 2. The van der Waals surface area contributed by atoms with E-state index in [1.807, 2.05) is 17.5 Å².